The number of rotatable bonds is 4. The van der Waals surface area contributed by atoms with Crippen LogP contribution >= 0.6 is 11.8 Å². The van der Waals surface area contributed by atoms with Gasteiger partial charge in [0.2, 0.25) is 0 Å². The van der Waals surface area contributed by atoms with Gasteiger partial charge in [-0.25, -0.2) is 0 Å². The number of carbonyl (C=O) groups is 1. The number of carbonyl (C=O) groups excluding carboxylic acids is 1. The molecule has 0 bridgehead atoms. The summed E-state index contributed by atoms with van der Waals surface area (Å²) in [4.78, 5) is 12.2. The normalized spacial score (nSPS) is 29.1. The lowest BCUT2D eigenvalue weighted by Gasteiger charge is -2.43. The van der Waals surface area contributed by atoms with Crippen LogP contribution in [0.3, 0.4) is 0 Å². The predicted molar refractivity (Wildman–Crippen MR) is 72.8 cm³/mol. The second kappa shape index (κ2) is 6.37. The van der Waals surface area contributed by atoms with Crippen LogP contribution in [0.1, 0.15) is 25.7 Å². The van der Waals surface area contributed by atoms with Gasteiger partial charge in [0.15, 0.2) is 5.78 Å². The van der Waals surface area contributed by atoms with Crippen molar-refractivity contribution in [2.75, 3.05) is 31.8 Å². The molecule has 2 aliphatic rings. The highest BCUT2D eigenvalue weighted by Crippen LogP contribution is 2.40. The van der Waals surface area contributed by atoms with Gasteiger partial charge in [-0.15, -0.1) is 0 Å². The molecule has 2 atom stereocenters. The molecule has 0 saturated carbocycles. The highest BCUT2D eigenvalue weighted by molar-refractivity contribution is 7.99. The van der Waals surface area contributed by atoms with Gasteiger partial charge in [-0.2, -0.15) is 11.8 Å². The number of methoxy groups -OCH3 is 1. The van der Waals surface area contributed by atoms with Crippen molar-refractivity contribution >= 4 is 17.5 Å². The molecule has 1 spiro atoms. The number of nitrogens with two attached hydrogens (primary N) is 1. The minimum atomic E-state index is -0.479. The fourth-order valence-electron chi connectivity index (χ4n) is 2.93. The van der Waals surface area contributed by atoms with Crippen molar-refractivity contribution in [1.29, 1.82) is 0 Å². The van der Waals surface area contributed by atoms with Gasteiger partial charge in [0.25, 0.3) is 0 Å². The molecule has 2 heterocycles. The van der Waals surface area contributed by atoms with Crippen molar-refractivity contribution in [2.24, 2.45) is 11.7 Å². The molecular formula is C13H23NO3S. The summed E-state index contributed by atoms with van der Waals surface area (Å²) in [5.41, 5.74) is 5.81. The zero-order chi connectivity index (χ0) is 13.0. The first kappa shape index (κ1) is 14.3. The molecule has 2 rings (SSSR count). The van der Waals surface area contributed by atoms with E-state index in [0.29, 0.717) is 13.2 Å². The topological polar surface area (TPSA) is 61.5 Å². The molecule has 4 nitrogen and oxygen atoms in total. The minimum Gasteiger partial charge on any atom is -0.383 e. The number of ether oxygens (including phenoxy) is 2. The van der Waals surface area contributed by atoms with Gasteiger partial charge in [0.1, 0.15) is 0 Å². The summed E-state index contributed by atoms with van der Waals surface area (Å²) in [7, 11) is 1.58. The van der Waals surface area contributed by atoms with E-state index < -0.39 is 6.04 Å². The average Bonchev–Trinajstić information content (AvgIpc) is 2.39. The molecule has 0 aliphatic carbocycles. The van der Waals surface area contributed by atoms with Crippen molar-refractivity contribution in [2.45, 2.75) is 37.3 Å². The Balaban J connectivity index is 1.95. The molecule has 0 radical (unpaired) electrons. The van der Waals surface area contributed by atoms with Crippen LogP contribution in [0.15, 0.2) is 0 Å². The first-order chi connectivity index (χ1) is 8.67. The zero-order valence-corrected chi connectivity index (χ0v) is 11.8. The van der Waals surface area contributed by atoms with Crippen molar-refractivity contribution in [3.05, 3.63) is 0 Å². The first-order valence-corrected chi connectivity index (χ1v) is 7.82. The van der Waals surface area contributed by atoms with E-state index in [-0.39, 0.29) is 17.3 Å². The van der Waals surface area contributed by atoms with Crippen LogP contribution in [0.4, 0.5) is 0 Å². The van der Waals surface area contributed by atoms with Crippen LogP contribution in [0, 0.1) is 5.92 Å². The quantitative estimate of drug-likeness (QED) is 0.834. The molecule has 2 N–H and O–H groups in total. The Morgan fingerprint density at radius 1 is 1.56 bits per heavy atom. The average molecular weight is 273 g/mol. The van der Waals surface area contributed by atoms with Crippen LogP contribution < -0.4 is 5.73 Å². The van der Waals surface area contributed by atoms with Crippen molar-refractivity contribution < 1.29 is 14.3 Å². The Hall–Kier alpha value is -0.100. The maximum absolute atomic E-state index is 12.2. The van der Waals surface area contributed by atoms with E-state index in [1.807, 2.05) is 11.8 Å². The second-order valence-corrected chi connectivity index (χ2v) is 6.52. The molecule has 0 aromatic heterocycles. The van der Waals surface area contributed by atoms with Gasteiger partial charge >= 0.3 is 0 Å². The second-order valence-electron chi connectivity index (χ2n) is 5.30. The smallest absolute Gasteiger partial charge is 0.155 e. The minimum absolute atomic E-state index is 0.0450. The first-order valence-electron chi connectivity index (χ1n) is 6.67. The van der Waals surface area contributed by atoms with E-state index in [0.717, 1.165) is 37.2 Å². The summed E-state index contributed by atoms with van der Waals surface area (Å²) in [6, 6.07) is -0.479. The van der Waals surface area contributed by atoms with Crippen LogP contribution in [-0.4, -0.2) is 49.3 Å². The number of thioether (sulfide) groups is 1. The monoisotopic (exact) mass is 273 g/mol. The summed E-state index contributed by atoms with van der Waals surface area (Å²) in [6.45, 7) is 1.01. The van der Waals surface area contributed by atoms with E-state index in [9.17, 15) is 4.79 Å². The largest absolute Gasteiger partial charge is 0.383 e. The third-order valence-corrected chi connectivity index (χ3v) is 5.00. The van der Waals surface area contributed by atoms with Crippen molar-refractivity contribution in [3.8, 4) is 0 Å². The van der Waals surface area contributed by atoms with Gasteiger partial charge in [-0.1, -0.05) is 0 Å². The maximum Gasteiger partial charge on any atom is 0.155 e. The molecule has 2 saturated heterocycles. The van der Waals surface area contributed by atoms with Crippen LogP contribution in [0.5, 0.6) is 0 Å². The number of hydrogen-bond acceptors (Lipinski definition) is 5. The van der Waals surface area contributed by atoms with E-state index in [4.69, 9.17) is 15.2 Å². The molecule has 5 heteroatoms. The Kier molecular flexibility index (Phi) is 5.06. The maximum atomic E-state index is 12.2. The fraction of sp³-hybridized carbons (Fsp3) is 0.923. The van der Waals surface area contributed by atoms with E-state index >= 15 is 0 Å². The molecule has 18 heavy (non-hydrogen) atoms. The molecule has 2 unspecified atom stereocenters. The van der Waals surface area contributed by atoms with E-state index in [1.54, 1.807) is 7.11 Å². The van der Waals surface area contributed by atoms with Gasteiger partial charge in [-0.3, -0.25) is 4.79 Å². The summed E-state index contributed by atoms with van der Waals surface area (Å²) in [6.07, 6.45) is 3.80. The Morgan fingerprint density at radius 3 is 2.94 bits per heavy atom. The van der Waals surface area contributed by atoms with Gasteiger partial charge in [0.05, 0.1) is 18.2 Å². The predicted octanol–water partition coefficient (Wildman–Crippen LogP) is 1.22. The van der Waals surface area contributed by atoms with E-state index in [1.165, 1.54) is 0 Å². The lowest BCUT2D eigenvalue weighted by atomic mass is 9.79. The number of ketones is 1. The van der Waals surface area contributed by atoms with Gasteiger partial charge < -0.3 is 15.2 Å². The lowest BCUT2D eigenvalue weighted by Crippen LogP contribution is -2.48. The fourth-order valence-corrected chi connectivity index (χ4v) is 4.16. The van der Waals surface area contributed by atoms with E-state index in [2.05, 4.69) is 0 Å². The van der Waals surface area contributed by atoms with Crippen LogP contribution in [-0.2, 0) is 14.3 Å². The Bertz CT molecular complexity index is 286. The Morgan fingerprint density at radius 2 is 2.28 bits per heavy atom. The van der Waals surface area contributed by atoms with Crippen LogP contribution in [0.2, 0.25) is 0 Å². The molecule has 0 aromatic carbocycles. The highest BCUT2D eigenvalue weighted by atomic mass is 32.2. The van der Waals surface area contributed by atoms with Crippen molar-refractivity contribution in [1.82, 2.24) is 0 Å². The third kappa shape index (κ3) is 3.26. The number of hydrogen-bond donors (Lipinski definition) is 1. The molecule has 2 aliphatic heterocycles. The molecule has 2 fully saturated rings. The zero-order valence-electron chi connectivity index (χ0n) is 11.0. The summed E-state index contributed by atoms with van der Waals surface area (Å²) < 4.78 is 11.0. The summed E-state index contributed by atoms with van der Waals surface area (Å²) >= 11 is 1.98. The molecule has 0 aromatic rings. The summed E-state index contributed by atoms with van der Waals surface area (Å²) in [5.74, 6) is 2.50. The number of Topliss-reactive ketones (excluding diaryl/α,β-unsaturated/α-hetero) is 1. The lowest BCUT2D eigenvalue weighted by molar-refractivity contribution is -0.140. The highest BCUT2D eigenvalue weighted by Gasteiger charge is 2.41. The SMILES string of the molecule is COCC(N)C(=O)C1CCOC2(CCSCC2)C1. The summed E-state index contributed by atoms with van der Waals surface area (Å²) in [5, 5.41) is 0. The Labute approximate surface area is 113 Å². The molecular weight excluding hydrogens is 250 g/mol. The molecule has 0 amide bonds. The van der Waals surface area contributed by atoms with Crippen molar-refractivity contribution in [3.63, 3.8) is 0 Å². The van der Waals surface area contributed by atoms with Gasteiger partial charge in [0, 0.05) is 19.6 Å². The standard InChI is InChI=1S/C13H23NO3S/c1-16-9-11(14)12(15)10-2-5-17-13(8-10)3-6-18-7-4-13/h10-11H,2-9,14H2,1H3. The van der Waals surface area contributed by atoms with Gasteiger partial charge in [-0.05, 0) is 37.2 Å². The third-order valence-electron chi connectivity index (χ3n) is 4.01. The van der Waals surface area contributed by atoms with Crippen LogP contribution in [0.25, 0.3) is 0 Å². The molecule has 104 valence electrons.